The summed E-state index contributed by atoms with van der Waals surface area (Å²) < 4.78 is 0. The first-order valence-electron chi connectivity index (χ1n) is 10.7. The van der Waals surface area contributed by atoms with Gasteiger partial charge >= 0.3 is 0 Å². The highest BCUT2D eigenvalue weighted by Crippen LogP contribution is 2.33. The van der Waals surface area contributed by atoms with Crippen molar-refractivity contribution in [3.8, 4) is 22.4 Å². The van der Waals surface area contributed by atoms with Crippen LogP contribution < -0.4 is 5.56 Å². The van der Waals surface area contributed by atoms with Gasteiger partial charge < -0.3 is 0 Å². The molecule has 1 aromatic carbocycles. The summed E-state index contributed by atoms with van der Waals surface area (Å²) in [6, 6.07) is 11.2. The van der Waals surface area contributed by atoms with Crippen molar-refractivity contribution in [3.05, 3.63) is 64.8 Å². The van der Waals surface area contributed by atoms with E-state index in [9.17, 15) is 4.79 Å². The fourth-order valence-electron chi connectivity index (χ4n) is 3.95. The Morgan fingerprint density at radius 3 is 2.17 bits per heavy atom. The lowest BCUT2D eigenvalue weighted by Crippen LogP contribution is -2.05. The van der Waals surface area contributed by atoms with Gasteiger partial charge in [0.15, 0.2) is 0 Å². The summed E-state index contributed by atoms with van der Waals surface area (Å²) in [5, 5.41) is 14.8. The van der Waals surface area contributed by atoms with Crippen molar-refractivity contribution in [2.45, 2.75) is 51.9 Å². The van der Waals surface area contributed by atoms with Crippen LogP contribution in [-0.2, 0) is 0 Å². The van der Waals surface area contributed by atoms with Crippen LogP contribution in [0.5, 0.6) is 0 Å². The third-order valence-corrected chi connectivity index (χ3v) is 5.53. The highest BCUT2D eigenvalue weighted by molar-refractivity contribution is 6.01. The maximum atomic E-state index is 11.2. The van der Waals surface area contributed by atoms with Gasteiger partial charge in [0, 0.05) is 28.9 Å². The van der Waals surface area contributed by atoms with Crippen molar-refractivity contribution in [1.29, 1.82) is 0 Å². The monoisotopic (exact) mass is 401 g/mol. The summed E-state index contributed by atoms with van der Waals surface area (Å²) in [6.45, 7) is 1.97. The molecule has 0 amide bonds. The Bertz CT molecular complexity index is 1140. The van der Waals surface area contributed by atoms with Gasteiger partial charge in [-0.05, 0) is 42.3 Å². The Labute approximate surface area is 175 Å². The van der Waals surface area contributed by atoms with Crippen LogP contribution in [0.3, 0.4) is 0 Å². The number of rotatable bonds is 2. The van der Waals surface area contributed by atoms with E-state index in [1.54, 1.807) is 18.5 Å². The van der Waals surface area contributed by atoms with Crippen LogP contribution in [0.4, 0.5) is 0 Å². The smallest absolute Gasteiger partial charge is 0.264 e. The third-order valence-electron chi connectivity index (χ3n) is 5.53. The summed E-state index contributed by atoms with van der Waals surface area (Å²) in [5.41, 5.74) is 5.37. The number of nitrogens with one attached hydrogen (secondary N) is 2. The van der Waals surface area contributed by atoms with Crippen molar-refractivity contribution in [2.24, 2.45) is 0 Å². The van der Waals surface area contributed by atoms with E-state index in [4.69, 9.17) is 0 Å². The normalized spacial score (nSPS) is 14.0. The molecule has 1 saturated carbocycles. The van der Waals surface area contributed by atoms with Gasteiger partial charge in [0.1, 0.15) is 0 Å². The molecule has 0 radical (unpaired) electrons. The fourth-order valence-corrected chi connectivity index (χ4v) is 3.95. The predicted octanol–water partition coefficient (Wildman–Crippen LogP) is 5.41. The zero-order chi connectivity index (χ0) is 20.8. The molecule has 0 bridgehead atoms. The molecule has 3 heterocycles. The first kappa shape index (κ1) is 20.0. The van der Waals surface area contributed by atoms with Crippen LogP contribution in [0.2, 0.25) is 0 Å². The van der Waals surface area contributed by atoms with E-state index in [-0.39, 0.29) is 5.56 Å². The van der Waals surface area contributed by atoms with Crippen LogP contribution >= 0.6 is 0 Å². The standard InChI is InChI=1S/C17H13N5O.C7H14/c1-10-8-11(6-7-18-10)12-2-3-13(17-14(12)9-19-22-17)15-4-5-16(23)21-20-15;1-2-4-6-7-5-3-1/h2-9H,1H3,(H,19,22)(H,21,23);1-7H2. The SMILES string of the molecule is C1CCCCCC1.Cc1cc(-c2ccc(-c3ccc(=O)[nH]n3)c3[nH]ncc23)ccn1. The molecule has 0 atom stereocenters. The molecule has 1 fully saturated rings. The number of hydrogen-bond donors (Lipinski definition) is 2. The second-order valence-electron chi connectivity index (χ2n) is 7.79. The fraction of sp³-hybridized carbons (Fsp3) is 0.333. The summed E-state index contributed by atoms with van der Waals surface area (Å²) in [7, 11) is 0. The Morgan fingerprint density at radius 2 is 1.53 bits per heavy atom. The van der Waals surface area contributed by atoms with Crippen LogP contribution in [0.25, 0.3) is 33.3 Å². The van der Waals surface area contributed by atoms with Gasteiger partial charge in [0.25, 0.3) is 5.56 Å². The Hall–Kier alpha value is -3.28. The number of aromatic amines is 2. The van der Waals surface area contributed by atoms with Crippen molar-refractivity contribution < 1.29 is 0 Å². The molecule has 0 saturated heterocycles. The first-order chi connectivity index (χ1) is 14.7. The van der Waals surface area contributed by atoms with Gasteiger partial charge in [-0.3, -0.25) is 14.9 Å². The largest absolute Gasteiger partial charge is 0.277 e. The van der Waals surface area contributed by atoms with E-state index in [1.807, 2.05) is 31.2 Å². The molecule has 1 aliphatic carbocycles. The molecule has 2 N–H and O–H groups in total. The average Bonchev–Trinajstić information content (AvgIpc) is 3.06. The van der Waals surface area contributed by atoms with Crippen molar-refractivity contribution in [1.82, 2.24) is 25.4 Å². The molecule has 1 aliphatic rings. The van der Waals surface area contributed by atoms with Gasteiger partial charge in [-0.15, -0.1) is 0 Å². The number of nitrogens with zero attached hydrogens (tertiary/aromatic N) is 3. The number of aromatic nitrogens is 5. The van der Waals surface area contributed by atoms with E-state index in [0.29, 0.717) is 5.69 Å². The lowest BCUT2D eigenvalue weighted by molar-refractivity contribution is 0.702. The van der Waals surface area contributed by atoms with Crippen LogP contribution in [0.1, 0.15) is 50.6 Å². The molecule has 6 nitrogen and oxygen atoms in total. The average molecular weight is 402 g/mol. The highest BCUT2D eigenvalue weighted by Gasteiger charge is 2.12. The molecular weight excluding hydrogens is 374 g/mol. The van der Waals surface area contributed by atoms with E-state index in [2.05, 4.69) is 25.4 Å². The molecule has 0 aliphatic heterocycles. The number of aryl methyl sites for hydroxylation is 1. The van der Waals surface area contributed by atoms with E-state index in [1.165, 1.54) is 51.0 Å². The number of pyridine rings is 1. The summed E-state index contributed by atoms with van der Waals surface area (Å²) >= 11 is 0. The number of hydrogen-bond acceptors (Lipinski definition) is 4. The number of H-pyrrole nitrogens is 2. The van der Waals surface area contributed by atoms with Crippen LogP contribution in [0.15, 0.2) is 53.6 Å². The van der Waals surface area contributed by atoms with E-state index >= 15 is 0 Å². The zero-order valence-electron chi connectivity index (χ0n) is 17.3. The van der Waals surface area contributed by atoms with E-state index in [0.717, 1.165) is 33.3 Å². The minimum atomic E-state index is -0.224. The second-order valence-corrected chi connectivity index (χ2v) is 7.79. The third kappa shape index (κ3) is 4.64. The van der Waals surface area contributed by atoms with Crippen molar-refractivity contribution >= 4 is 10.9 Å². The molecule has 30 heavy (non-hydrogen) atoms. The van der Waals surface area contributed by atoms with E-state index < -0.39 is 0 Å². The Morgan fingerprint density at radius 1 is 0.833 bits per heavy atom. The topological polar surface area (TPSA) is 87.3 Å². The van der Waals surface area contributed by atoms with Crippen LogP contribution in [-0.4, -0.2) is 25.4 Å². The van der Waals surface area contributed by atoms with Gasteiger partial charge in [-0.2, -0.15) is 10.2 Å². The lowest BCUT2D eigenvalue weighted by atomic mass is 9.98. The molecular formula is C24H27N5O. The maximum Gasteiger partial charge on any atom is 0.264 e. The quantitative estimate of drug-likeness (QED) is 0.439. The van der Waals surface area contributed by atoms with Gasteiger partial charge in [-0.25, -0.2) is 5.10 Å². The lowest BCUT2D eigenvalue weighted by Gasteiger charge is -2.07. The first-order valence-corrected chi connectivity index (χ1v) is 10.7. The molecule has 3 aromatic heterocycles. The molecule has 154 valence electrons. The molecule has 4 aromatic rings. The number of fused-ring (bicyclic) bond motifs is 1. The molecule has 6 heteroatoms. The summed E-state index contributed by atoms with van der Waals surface area (Å²) in [4.78, 5) is 15.4. The van der Waals surface area contributed by atoms with Crippen molar-refractivity contribution in [3.63, 3.8) is 0 Å². The Balaban J connectivity index is 0.000000265. The minimum Gasteiger partial charge on any atom is -0.277 e. The van der Waals surface area contributed by atoms with Gasteiger partial charge in [0.05, 0.1) is 17.4 Å². The minimum absolute atomic E-state index is 0.224. The van der Waals surface area contributed by atoms with Gasteiger partial charge in [-0.1, -0.05) is 51.0 Å². The van der Waals surface area contributed by atoms with Gasteiger partial charge in [0.2, 0.25) is 0 Å². The summed E-state index contributed by atoms with van der Waals surface area (Å²) in [6.07, 6.45) is 14.1. The van der Waals surface area contributed by atoms with Crippen molar-refractivity contribution in [2.75, 3.05) is 0 Å². The molecule has 5 rings (SSSR count). The molecule has 0 unspecified atom stereocenters. The summed E-state index contributed by atoms with van der Waals surface area (Å²) in [5.74, 6) is 0. The highest BCUT2D eigenvalue weighted by atomic mass is 16.1. The number of benzene rings is 1. The Kier molecular flexibility index (Phi) is 6.32. The van der Waals surface area contributed by atoms with Crippen LogP contribution in [0, 0.1) is 6.92 Å². The maximum absolute atomic E-state index is 11.2. The predicted molar refractivity (Wildman–Crippen MR) is 120 cm³/mol. The second kappa shape index (κ2) is 9.48. The zero-order valence-corrected chi connectivity index (χ0v) is 17.3. The molecule has 0 spiro atoms.